The topological polar surface area (TPSA) is 58.1 Å². The molecule has 6 heteroatoms. The first-order valence-electron chi connectivity index (χ1n) is 10.1. The normalized spacial score (nSPS) is 15.8. The van der Waals surface area contributed by atoms with E-state index in [1.165, 1.54) is 12.8 Å². The van der Waals surface area contributed by atoms with Gasteiger partial charge in [0, 0.05) is 56.6 Å². The second kappa shape index (κ2) is 10.9. The summed E-state index contributed by atoms with van der Waals surface area (Å²) in [6, 6.07) is 6.51. The standard InChI is InChI=1S/C21H36N4O2/c1-6-16(7-2)15-23-21(22-3)24-17-8-10-25(11-9-17)18-12-19(26-4)14-20(13-18)27-5/h12-14,16-17H,6-11,15H2,1-5H3,(H2,22,23,24). The quantitative estimate of drug-likeness (QED) is 0.539. The molecule has 1 fully saturated rings. The predicted molar refractivity (Wildman–Crippen MR) is 113 cm³/mol. The number of rotatable bonds is 8. The lowest BCUT2D eigenvalue weighted by molar-refractivity contribution is 0.393. The first kappa shape index (κ1) is 21.2. The Morgan fingerprint density at radius 1 is 1.11 bits per heavy atom. The number of nitrogens with one attached hydrogen (secondary N) is 2. The van der Waals surface area contributed by atoms with Gasteiger partial charge in [0.25, 0.3) is 0 Å². The Kier molecular flexibility index (Phi) is 8.55. The minimum absolute atomic E-state index is 0.446. The zero-order valence-electron chi connectivity index (χ0n) is 17.5. The third-order valence-corrected chi connectivity index (χ3v) is 5.47. The van der Waals surface area contributed by atoms with E-state index in [0.29, 0.717) is 12.0 Å². The highest BCUT2D eigenvalue weighted by Gasteiger charge is 2.21. The minimum Gasteiger partial charge on any atom is -0.497 e. The van der Waals surface area contributed by atoms with E-state index in [4.69, 9.17) is 9.47 Å². The van der Waals surface area contributed by atoms with Gasteiger partial charge in [-0.25, -0.2) is 0 Å². The summed E-state index contributed by atoms with van der Waals surface area (Å²) >= 11 is 0. The van der Waals surface area contributed by atoms with Crippen molar-refractivity contribution in [3.8, 4) is 11.5 Å². The van der Waals surface area contributed by atoms with Gasteiger partial charge in [-0.15, -0.1) is 0 Å². The van der Waals surface area contributed by atoms with E-state index in [2.05, 4.69) is 46.5 Å². The summed E-state index contributed by atoms with van der Waals surface area (Å²) in [7, 11) is 5.23. The fourth-order valence-electron chi connectivity index (χ4n) is 3.46. The van der Waals surface area contributed by atoms with Crippen LogP contribution in [-0.2, 0) is 0 Å². The van der Waals surface area contributed by atoms with Gasteiger partial charge in [0.15, 0.2) is 5.96 Å². The van der Waals surface area contributed by atoms with Crippen LogP contribution in [0, 0.1) is 5.92 Å². The molecule has 1 saturated heterocycles. The summed E-state index contributed by atoms with van der Waals surface area (Å²) in [4.78, 5) is 6.79. The van der Waals surface area contributed by atoms with E-state index in [1.807, 2.05) is 13.1 Å². The van der Waals surface area contributed by atoms with Crippen molar-refractivity contribution >= 4 is 11.6 Å². The van der Waals surface area contributed by atoms with Crippen LogP contribution >= 0.6 is 0 Å². The Morgan fingerprint density at radius 3 is 2.19 bits per heavy atom. The van der Waals surface area contributed by atoms with Crippen molar-refractivity contribution in [2.24, 2.45) is 10.9 Å². The second-order valence-corrected chi connectivity index (χ2v) is 7.11. The van der Waals surface area contributed by atoms with Crippen LogP contribution in [0.25, 0.3) is 0 Å². The average molecular weight is 377 g/mol. The molecule has 1 aliphatic heterocycles. The van der Waals surface area contributed by atoms with Gasteiger partial charge in [0.05, 0.1) is 14.2 Å². The number of anilines is 1. The van der Waals surface area contributed by atoms with Crippen molar-refractivity contribution in [2.75, 3.05) is 45.8 Å². The predicted octanol–water partition coefficient (Wildman–Crippen LogP) is 3.27. The smallest absolute Gasteiger partial charge is 0.191 e. The highest BCUT2D eigenvalue weighted by molar-refractivity contribution is 5.80. The number of aliphatic imine (C=N–C) groups is 1. The molecule has 2 N–H and O–H groups in total. The number of methoxy groups -OCH3 is 2. The van der Waals surface area contributed by atoms with Gasteiger partial charge in [0.1, 0.15) is 11.5 Å². The molecule has 6 nitrogen and oxygen atoms in total. The van der Waals surface area contributed by atoms with E-state index in [9.17, 15) is 0 Å². The summed E-state index contributed by atoms with van der Waals surface area (Å²) in [5.74, 6) is 3.28. The van der Waals surface area contributed by atoms with Crippen LogP contribution in [-0.4, -0.2) is 52.9 Å². The molecule has 1 aromatic carbocycles. The Labute approximate surface area is 164 Å². The van der Waals surface area contributed by atoms with Crippen molar-refractivity contribution in [1.82, 2.24) is 10.6 Å². The lowest BCUT2D eigenvalue weighted by Gasteiger charge is -2.35. The van der Waals surface area contributed by atoms with E-state index in [1.54, 1.807) is 14.2 Å². The molecule has 0 bridgehead atoms. The molecule has 0 atom stereocenters. The molecule has 0 saturated carbocycles. The molecule has 0 amide bonds. The molecule has 0 unspecified atom stereocenters. The van der Waals surface area contributed by atoms with Crippen LogP contribution in [0.15, 0.2) is 23.2 Å². The molecule has 27 heavy (non-hydrogen) atoms. The fraction of sp³-hybridized carbons (Fsp3) is 0.667. The highest BCUT2D eigenvalue weighted by Crippen LogP contribution is 2.30. The van der Waals surface area contributed by atoms with Crippen molar-refractivity contribution in [1.29, 1.82) is 0 Å². The van der Waals surface area contributed by atoms with Crippen molar-refractivity contribution in [3.05, 3.63) is 18.2 Å². The molecular formula is C21H36N4O2. The number of hydrogen-bond acceptors (Lipinski definition) is 4. The summed E-state index contributed by atoms with van der Waals surface area (Å²) in [6.07, 6.45) is 4.54. The van der Waals surface area contributed by atoms with Crippen LogP contribution in [0.1, 0.15) is 39.5 Å². The monoisotopic (exact) mass is 376 g/mol. The molecule has 0 aliphatic carbocycles. The second-order valence-electron chi connectivity index (χ2n) is 7.11. The lowest BCUT2D eigenvalue weighted by atomic mass is 10.0. The number of nitrogens with zero attached hydrogens (tertiary/aromatic N) is 2. The number of hydrogen-bond donors (Lipinski definition) is 2. The third kappa shape index (κ3) is 6.22. The number of benzene rings is 1. The van der Waals surface area contributed by atoms with Crippen LogP contribution < -0.4 is 25.0 Å². The van der Waals surface area contributed by atoms with Gasteiger partial charge < -0.3 is 25.0 Å². The van der Waals surface area contributed by atoms with Gasteiger partial charge in [0.2, 0.25) is 0 Å². The van der Waals surface area contributed by atoms with Crippen molar-refractivity contribution in [2.45, 2.75) is 45.6 Å². The number of guanidine groups is 1. The molecule has 1 heterocycles. The Morgan fingerprint density at radius 2 is 1.70 bits per heavy atom. The minimum atomic E-state index is 0.446. The molecule has 2 rings (SSSR count). The number of ether oxygens (including phenoxy) is 2. The summed E-state index contributed by atoms with van der Waals surface area (Å²) in [5.41, 5.74) is 1.15. The Hall–Kier alpha value is -2.11. The lowest BCUT2D eigenvalue weighted by Crippen LogP contribution is -2.49. The van der Waals surface area contributed by atoms with Gasteiger partial charge >= 0.3 is 0 Å². The van der Waals surface area contributed by atoms with Crippen LogP contribution in [0.3, 0.4) is 0 Å². The third-order valence-electron chi connectivity index (χ3n) is 5.47. The molecule has 1 aromatic rings. The zero-order valence-corrected chi connectivity index (χ0v) is 17.5. The van der Waals surface area contributed by atoms with Crippen molar-refractivity contribution in [3.63, 3.8) is 0 Å². The van der Waals surface area contributed by atoms with Crippen molar-refractivity contribution < 1.29 is 9.47 Å². The molecule has 0 radical (unpaired) electrons. The maximum Gasteiger partial charge on any atom is 0.191 e. The summed E-state index contributed by atoms with van der Waals surface area (Å²) < 4.78 is 10.8. The van der Waals surface area contributed by atoms with Gasteiger partial charge in [-0.05, 0) is 18.8 Å². The average Bonchev–Trinajstić information content (AvgIpc) is 2.73. The Balaban J connectivity index is 1.87. The van der Waals surface area contributed by atoms with E-state index in [-0.39, 0.29) is 0 Å². The summed E-state index contributed by atoms with van der Waals surface area (Å²) in [6.45, 7) is 7.47. The van der Waals surface area contributed by atoms with E-state index < -0.39 is 0 Å². The Bertz CT molecular complexity index is 572. The van der Waals surface area contributed by atoms with Crippen LogP contribution in [0.2, 0.25) is 0 Å². The molecule has 152 valence electrons. The first-order valence-corrected chi connectivity index (χ1v) is 10.1. The molecule has 0 aromatic heterocycles. The maximum atomic E-state index is 5.40. The van der Waals surface area contributed by atoms with E-state index in [0.717, 1.165) is 55.6 Å². The first-order chi connectivity index (χ1) is 13.1. The molecular weight excluding hydrogens is 340 g/mol. The fourth-order valence-corrected chi connectivity index (χ4v) is 3.46. The molecule has 0 spiro atoms. The number of piperidine rings is 1. The largest absolute Gasteiger partial charge is 0.497 e. The van der Waals surface area contributed by atoms with Crippen LogP contribution in [0.4, 0.5) is 5.69 Å². The maximum absolute atomic E-state index is 5.40. The van der Waals surface area contributed by atoms with Gasteiger partial charge in [-0.3, -0.25) is 4.99 Å². The van der Waals surface area contributed by atoms with Gasteiger partial charge in [-0.2, -0.15) is 0 Å². The SMILES string of the molecule is CCC(CC)CNC(=NC)NC1CCN(c2cc(OC)cc(OC)c2)CC1. The van der Waals surface area contributed by atoms with Gasteiger partial charge in [-0.1, -0.05) is 26.7 Å². The van der Waals surface area contributed by atoms with E-state index >= 15 is 0 Å². The summed E-state index contributed by atoms with van der Waals surface area (Å²) in [5, 5.41) is 7.07. The highest BCUT2D eigenvalue weighted by atomic mass is 16.5. The zero-order chi connectivity index (χ0) is 19.6. The van der Waals surface area contributed by atoms with Crippen LogP contribution in [0.5, 0.6) is 11.5 Å². The molecule has 1 aliphatic rings.